The molecule has 0 aromatic heterocycles. The van der Waals surface area contributed by atoms with Gasteiger partial charge in [-0.05, 0) is 23.8 Å². The van der Waals surface area contributed by atoms with Gasteiger partial charge in [-0.15, -0.1) is 0 Å². The summed E-state index contributed by atoms with van der Waals surface area (Å²) in [7, 11) is 0. The van der Waals surface area contributed by atoms with Crippen molar-refractivity contribution in [1.29, 1.82) is 0 Å². The summed E-state index contributed by atoms with van der Waals surface area (Å²) in [5, 5.41) is 22.1. The Labute approximate surface area is 119 Å². The molecule has 2 aromatic rings. The fourth-order valence-electron chi connectivity index (χ4n) is 2.08. The average Bonchev–Trinajstić information content (AvgIpc) is 2.40. The number of nitrogens with zero attached hydrogens (tertiary/aromatic N) is 2. The third-order valence-corrected chi connectivity index (χ3v) is 3.01. The molecule has 2 aromatic carbocycles. The number of hydrogen-bond acceptors (Lipinski definition) is 6. The van der Waals surface area contributed by atoms with Gasteiger partial charge in [0, 0.05) is 23.9 Å². The van der Waals surface area contributed by atoms with Gasteiger partial charge < -0.3 is 11.5 Å². The van der Waals surface area contributed by atoms with E-state index in [1.54, 1.807) is 24.3 Å². The largest absolute Gasteiger partial charge is 0.399 e. The zero-order valence-electron chi connectivity index (χ0n) is 10.9. The number of nitrogen functional groups attached to an aromatic ring is 2. The standard InChI is InChI=1S/C13H12N4O4/c14-9-3-1-2-8(6-9)7-10-11(15)4-5-12(16(18)19)13(10)17(20)21/h1-6H,7,14-15H2. The highest BCUT2D eigenvalue weighted by Gasteiger charge is 2.30. The molecule has 8 heteroatoms. The first kappa shape index (κ1) is 14.3. The van der Waals surface area contributed by atoms with Crippen LogP contribution >= 0.6 is 0 Å². The monoisotopic (exact) mass is 288 g/mol. The van der Waals surface area contributed by atoms with Crippen molar-refractivity contribution < 1.29 is 9.85 Å². The van der Waals surface area contributed by atoms with Gasteiger partial charge >= 0.3 is 11.4 Å². The van der Waals surface area contributed by atoms with E-state index in [1.807, 2.05) is 0 Å². The summed E-state index contributed by atoms with van der Waals surface area (Å²) in [5.41, 5.74) is 11.7. The molecule has 0 amide bonds. The van der Waals surface area contributed by atoms with Gasteiger partial charge in [0.05, 0.1) is 15.4 Å². The zero-order valence-corrected chi connectivity index (χ0v) is 10.9. The lowest BCUT2D eigenvalue weighted by atomic mass is 10.00. The number of nitrogens with two attached hydrogens (primary N) is 2. The maximum absolute atomic E-state index is 11.2. The molecule has 0 radical (unpaired) electrons. The molecule has 0 bridgehead atoms. The second-order valence-electron chi connectivity index (χ2n) is 4.44. The fourth-order valence-corrected chi connectivity index (χ4v) is 2.08. The first-order valence-electron chi connectivity index (χ1n) is 5.94. The highest BCUT2D eigenvalue weighted by Crippen LogP contribution is 2.35. The average molecular weight is 288 g/mol. The number of nitro benzene ring substituents is 2. The Hall–Kier alpha value is -3.16. The normalized spacial score (nSPS) is 10.3. The predicted molar refractivity (Wildman–Crippen MR) is 77.8 cm³/mol. The second-order valence-corrected chi connectivity index (χ2v) is 4.44. The van der Waals surface area contributed by atoms with Crippen LogP contribution in [-0.4, -0.2) is 9.85 Å². The molecule has 0 unspecified atom stereocenters. The third-order valence-electron chi connectivity index (χ3n) is 3.01. The van der Waals surface area contributed by atoms with Crippen LogP contribution in [0.25, 0.3) is 0 Å². The lowest BCUT2D eigenvalue weighted by molar-refractivity contribution is -0.422. The van der Waals surface area contributed by atoms with Crippen molar-refractivity contribution in [3.63, 3.8) is 0 Å². The molecule has 21 heavy (non-hydrogen) atoms. The lowest BCUT2D eigenvalue weighted by Crippen LogP contribution is -2.05. The number of benzene rings is 2. The van der Waals surface area contributed by atoms with E-state index >= 15 is 0 Å². The van der Waals surface area contributed by atoms with E-state index in [4.69, 9.17) is 11.5 Å². The lowest BCUT2D eigenvalue weighted by Gasteiger charge is -2.07. The zero-order chi connectivity index (χ0) is 15.6. The first-order chi connectivity index (χ1) is 9.90. The summed E-state index contributed by atoms with van der Waals surface area (Å²) in [4.78, 5) is 20.5. The van der Waals surface area contributed by atoms with Gasteiger partial charge in [-0.2, -0.15) is 0 Å². The summed E-state index contributed by atoms with van der Waals surface area (Å²) in [6.07, 6.45) is 0.0921. The van der Waals surface area contributed by atoms with E-state index in [1.165, 1.54) is 6.07 Å². The smallest absolute Gasteiger partial charge is 0.351 e. The minimum absolute atomic E-state index is 0.0921. The molecule has 0 atom stereocenters. The molecule has 0 aliphatic rings. The summed E-state index contributed by atoms with van der Waals surface area (Å²) >= 11 is 0. The quantitative estimate of drug-likeness (QED) is 0.502. The number of nitro groups is 2. The Bertz CT molecular complexity index is 730. The van der Waals surface area contributed by atoms with Crippen LogP contribution in [0.1, 0.15) is 11.1 Å². The van der Waals surface area contributed by atoms with E-state index < -0.39 is 21.2 Å². The number of rotatable bonds is 4. The van der Waals surface area contributed by atoms with Gasteiger partial charge in [-0.1, -0.05) is 12.1 Å². The molecule has 0 aliphatic carbocycles. The van der Waals surface area contributed by atoms with E-state index in [0.717, 1.165) is 6.07 Å². The number of hydrogen-bond donors (Lipinski definition) is 2. The Morgan fingerprint density at radius 3 is 2.29 bits per heavy atom. The van der Waals surface area contributed by atoms with Crippen LogP contribution in [0.15, 0.2) is 36.4 Å². The van der Waals surface area contributed by atoms with Crippen molar-refractivity contribution >= 4 is 22.7 Å². The predicted octanol–water partition coefficient (Wildman–Crippen LogP) is 2.26. The van der Waals surface area contributed by atoms with Crippen LogP contribution in [0.2, 0.25) is 0 Å². The van der Waals surface area contributed by atoms with Crippen LogP contribution in [0.5, 0.6) is 0 Å². The van der Waals surface area contributed by atoms with Crippen molar-refractivity contribution in [2.24, 2.45) is 0 Å². The molecule has 0 heterocycles. The van der Waals surface area contributed by atoms with Crippen LogP contribution in [0, 0.1) is 20.2 Å². The SMILES string of the molecule is Nc1cccc(Cc2c(N)ccc([N+](=O)[O-])c2[N+](=O)[O-])c1. The van der Waals surface area contributed by atoms with Crippen LogP contribution < -0.4 is 11.5 Å². The molecular formula is C13H12N4O4. The Kier molecular flexibility index (Phi) is 3.70. The van der Waals surface area contributed by atoms with Crippen molar-refractivity contribution in [3.05, 3.63) is 67.8 Å². The minimum Gasteiger partial charge on any atom is -0.399 e. The van der Waals surface area contributed by atoms with Crippen LogP contribution in [0.3, 0.4) is 0 Å². The third kappa shape index (κ3) is 2.89. The summed E-state index contributed by atoms with van der Waals surface area (Å²) < 4.78 is 0. The Balaban J connectivity index is 2.59. The van der Waals surface area contributed by atoms with E-state index in [0.29, 0.717) is 11.3 Å². The molecule has 4 N–H and O–H groups in total. The van der Waals surface area contributed by atoms with E-state index in [9.17, 15) is 20.2 Å². The molecule has 2 rings (SSSR count). The molecule has 8 nitrogen and oxygen atoms in total. The summed E-state index contributed by atoms with van der Waals surface area (Å²) in [6, 6.07) is 9.07. The second kappa shape index (κ2) is 5.45. The molecule has 0 saturated heterocycles. The van der Waals surface area contributed by atoms with Gasteiger partial charge in [-0.25, -0.2) is 0 Å². The van der Waals surface area contributed by atoms with E-state index in [2.05, 4.69) is 0 Å². The summed E-state index contributed by atoms with van der Waals surface area (Å²) in [5.74, 6) is 0. The molecule has 108 valence electrons. The maximum Gasteiger partial charge on any atom is 0.351 e. The number of anilines is 2. The molecule has 0 saturated carbocycles. The van der Waals surface area contributed by atoms with Crippen molar-refractivity contribution in [2.75, 3.05) is 11.5 Å². The van der Waals surface area contributed by atoms with Gasteiger partial charge in [-0.3, -0.25) is 20.2 Å². The topological polar surface area (TPSA) is 138 Å². The van der Waals surface area contributed by atoms with Crippen molar-refractivity contribution in [3.8, 4) is 0 Å². The Morgan fingerprint density at radius 1 is 1.00 bits per heavy atom. The van der Waals surface area contributed by atoms with Gasteiger partial charge in [0.1, 0.15) is 0 Å². The van der Waals surface area contributed by atoms with Crippen LogP contribution in [-0.2, 0) is 6.42 Å². The first-order valence-corrected chi connectivity index (χ1v) is 5.94. The molecule has 0 aliphatic heterocycles. The highest BCUT2D eigenvalue weighted by atomic mass is 16.6. The van der Waals surface area contributed by atoms with Gasteiger partial charge in [0.15, 0.2) is 0 Å². The Morgan fingerprint density at radius 2 is 1.71 bits per heavy atom. The highest BCUT2D eigenvalue weighted by molar-refractivity contribution is 5.68. The maximum atomic E-state index is 11.2. The van der Waals surface area contributed by atoms with Crippen molar-refractivity contribution in [2.45, 2.75) is 6.42 Å². The molecular weight excluding hydrogens is 276 g/mol. The van der Waals surface area contributed by atoms with Gasteiger partial charge in [0.2, 0.25) is 0 Å². The fraction of sp³-hybridized carbons (Fsp3) is 0.0769. The molecule has 0 spiro atoms. The molecule has 0 fully saturated rings. The van der Waals surface area contributed by atoms with Crippen molar-refractivity contribution in [1.82, 2.24) is 0 Å². The van der Waals surface area contributed by atoms with Crippen LogP contribution in [0.4, 0.5) is 22.7 Å². The summed E-state index contributed by atoms with van der Waals surface area (Å²) in [6.45, 7) is 0. The van der Waals surface area contributed by atoms with E-state index in [-0.39, 0.29) is 17.7 Å². The van der Waals surface area contributed by atoms with Gasteiger partial charge in [0.25, 0.3) is 0 Å². The minimum atomic E-state index is -0.791.